The maximum Gasteiger partial charge on any atom is 0.294 e. The molecule has 0 radical (unpaired) electrons. The summed E-state index contributed by atoms with van der Waals surface area (Å²) in [5.74, 6) is 0.183. The Morgan fingerprint density at radius 3 is 3.00 bits per heavy atom. The second-order valence-electron chi connectivity index (χ2n) is 5.85. The van der Waals surface area contributed by atoms with Crippen molar-refractivity contribution in [1.29, 1.82) is 0 Å². The largest absolute Gasteiger partial charge is 0.494 e. The average Bonchev–Trinajstić information content (AvgIpc) is 3.49. The molecule has 0 fully saturated rings. The van der Waals surface area contributed by atoms with Crippen LogP contribution in [0, 0.1) is 0 Å². The Labute approximate surface area is 174 Å². The highest BCUT2D eigenvalue weighted by Gasteiger charge is 2.25. The number of anilines is 1. The number of ether oxygens (including phenoxy) is 1. The first kappa shape index (κ1) is 19.3. The second-order valence-corrected chi connectivity index (χ2v) is 6.83. The van der Waals surface area contributed by atoms with E-state index in [-0.39, 0.29) is 17.3 Å². The van der Waals surface area contributed by atoms with Crippen molar-refractivity contribution in [3.63, 3.8) is 0 Å². The Balaban J connectivity index is 1.73. The summed E-state index contributed by atoms with van der Waals surface area (Å²) in [6, 6.07) is 10.9. The summed E-state index contributed by atoms with van der Waals surface area (Å²) in [5, 5.41) is 21.2. The number of nitrogens with zero attached hydrogens (tertiary/aromatic N) is 6. The van der Waals surface area contributed by atoms with Crippen molar-refractivity contribution in [2.24, 2.45) is 5.10 Å². The molecule has 3 aromatic heterocycles. The Kier molecular flexibility index (Phi) is 5.48. The molecule has 0 saturated heterocycles. The van der Waals surface area contributed by atoms with Gasteiger partial charge in [-0.15, -0.1) is 16.4 Å². The number of rotatable bonds is 7. The molecule has 12 heteroatoms. The van der Waals surface area contributed by atoms with Gasteiger partial charge >= 0.3 is 0 Å². The van der Waals surface area contributed by atoms with Crippen molar-refractivity contribution < 1.29 is 14.2 Å². The number of nitrogens with two attached hydrogens (primary N) is 1. The zero-order valence-electron chi connectivity index (χ0n) is 15.7. The van der Waals surface area contributed by atoms with Crippen LogP contribution in [0.25, 0.3) is 17.1 Å². The van der Waals surface area contributed by atoms with Crippen LogP contribution in [0.2, 0.25) is 0 Å². The fraction of sp³-hybridized carbons (Fsp3) is 0.111. The van der Waals surface area contributed by atoms with Gasteiger partial charge in [0.05, 0.1) is 12.8 Å². The third-order valence-corrected chi connectivity index (χ3v) is 4.71. The molecule has 3 N–H and O–H groups in total. The van der Waals surface area contributed by atoms with Crippen LogP contribution < -0.4 is 15.9 Å². The molecule has 4 rings (SSSR count). The number of carbonyl (C=O) groups excluding carboxylic acids is 1. The van der Waals surface area contributed by atoms with Crippen LogP contribution in [0.1, 0.15) is 22.3 Å². The number of benzene rings is 1. The minimum Gasteiger partial charge on any atom is -0.494 e. The van der Waals surface area contributed by atoms with Gasteiger partial charge in [0.1, 0.15) is 11.4 Å². The molecule has 0 saturated carbocycles. The van der Waals surface area contributed by atoms with Gasteiger partial charge in [-0.25, -0.2) is 10.1 Å². The minimum atomic E-state index is -0.555. The lowest BCUT2D eigenvalue weighted by Gasteiger charge is -2.08. The van der Waals surface area contributed by atoms with E-state index in [9.17, 15) is 4.79 Å². The van der Waals surface area contributed by atoms with Gasteiger partial charge in [-0.1, -0.05) is 23.4 Å². The van der Waals surface area contributed by atoms with Crippen molar-refractivity contribution in [1.82, 2.24) is 30.7 Å². The van der Waals surface area contributed by atoms with Gasteiger partial charge in [-0.2, -0.15) is 9.78 Å². The number of nitrogen functional groups attached to an aromatic ring is 1. The highest BCUT2D eigenvalue weighted by Crippen LogP contribution is 2.29. The number of nitrogens with one attached hydrogen (secondary N) is 1. The van der Waals surface area contributed by atoms with Gasteiger partial charge < -0.3 is 10.5 Å². The molecule has 11 nitrogen and oxygen atoms in total. The predicted molar refractivity (Wildman–Crippen MR) is 110 cm³/mol. The zero-order chi connectivity index (χ0) is 20.9. The van der Waals surface area contributed by atoms with Crippen molar-refractivity contribution in [3.05, 3.63) is 52.3 Å². The van der Waals surface area contributed by atoms with Crippen LogP contribution in [0.5, 0.6) is 5.75 Å². The van der Waals surface area contributed by atoms with Crippen LogP contribution in [0.3, 0.4) is 0 Å². The summed E-state index contributed by atoms with van der Waals surface area (Å²) in [6.45, 7) is 2.37. The molecule has 0 spiro atoms. The van der Waals surface area contributed by atoms with Crippen molar-refractivity contribution >= 4 is 29.3 Å². The van der Waals surface area contributed by atoms with Crippen LogP contribution in [0.15, 0.2) is 51.5 Å². The van der Waals surface area contributed by atoms with E-state index >= 15 is 0 Å². The first-order chi connectivity index (χ1) is 14.7. The summed E-state index contributed by atoms with van der Waals surface area (Å²) in [4.78, 5) is 13.7. The van der Waals surface area contributed by atoms with E-state index in [1.807, 2.05) is 24.4 Å². The molecular formula is C18H16N8O3S. The van der Waals surface area contributed by atoms with Gasteiger partial charge in [0.15, 0.2) is 5.69 Å². The summed E-state index contributed by atoms with van der Waals surface area (Å²) in [6.07, 6.45) is 1.54. The van der Waals surface area contributed by atoms with Crippen LogP contribution in [-0.4, -0.2) is 44.0 Å². The van der Waals surface area contributed by atoms with Crippen LogP contribution in [0.4, 0.5) is 5.82 Å². The van der Waals surface area contributed by atoms with E-state index in [2.05, 4.69) is 35.8 Å². The molecule has 1 amide bonds. The first-order valence-corrected chi connectivity index (χ1v) is 9.69. The van der Waals surface area contributed by atoms with Crippen molar-refractivity contribution in [3.8, 4) is 22.8 Å². The molecule has 1 aromatic carbocycles. The molecule has 0 bridgehead atoms. The van der Waals surface area contributed by atoms with E-state index in [1.165, 1.54) is 16.0 Å². The monoisotopic (exact) mass is 424 g/mol. The first-order valence-electron chi connectivity index (χ1n) is 8.81. The summed E-state index contributed by atoms with van der Waals surface area (Å²) < 4.78 is 11.5. The molecule has 30 heavy (non-hydrogen) atoms. The smallest absolute Gasteiger partial charge is 0.294 e. The Morgan fingerprint density at radius 1 is 1.37 bits per heavy atom. The normalized spacial score (nSPS) is 11.1. The number of aromatic nitrogens is 5. The van der Waals surface area contributed by atoms with Crippen molar-refractivity contribution in [2.75, 3.05) is 12.3 Å². The van der Waals surface area contributed by atoms with Gasteiger partial charge in [0.2, 0.25) is 11.6 Å². The average molecular weight is 424 g/mol. The van der Waals surface area contributed by atoms with E-state index in [0.717, 1.165) is 4.88 Å². The Morgan fingerprint density at radius 2 is 2.27 bits per heavy atom. The lowest BCUT2D eigenvalue weighted by Crippen LogP contribution is -2.19. The Hall–Kier alpha value is -4.06. The molecule has 0 aliphatic carbocycles. The standard InChI is InChI=1S/C18H16N8O3S/c1-2-28-12-6-3-5-11(9-12)15-14(18(27)22-20-10-13-7-4-8-30-13)21-25-26(15)17-16(19)23-29-24-17/h3-10H,2H2,1H3,(H2,19,23)(H,22,27)/b20-10+. The predicted octanol–water partition coefficient (Wildman–Crippen LogP) is 2.12. The molecule has 3 heterocycles. The maximum absolute atomic E-state index is 12.8. The molecule has 152 valence electrons. The number of amides is 1. The minimum absolute atomic E-state index is 0.00443. The maximum atomic E-state index is 12.8. The van der Waals surface area contributed by atoms with Crippen molar-refractivity contribution in [2.45, 2.75) is 6.92 Å². The summed E-state index contributed by atoms with van der Waals surface area (Å²) in [7, 11) is 0. The molecule has 4 aromatic rings. The van der Waals surface area contributed by atoms with Gasteiger partial charge in [-0.05, 0) is 40.8 Å². The fourth-order valence-electron chi connectivity index (χ4n) is 2.65. The number of carbonyl (C=O) groups is 1. The van der Waals surface area contributed by atoms with Gasteiger partial charge in [-0.3, -0.25) is 4.79 Å². The number of hydrogen-bond acceptors (Lipinski definition) is 10. The van der Waals surface area contributed by atoms with E-state index in [0.29, 0.717) is 23.6 Å². The second kappa shape index (κ2) is 8.53. The molecule has 0 aliphatic rings. The van der Waals surface area contributed by atoms with Gasteiger partial charge in [0.25, 0.3) is 5.91 Å². The molecule has 0 unspecified atom stereocenters. The van der Waals surface area contributed by atoms with E-state index in [1.54, 1.807) is 30.5 Å². The Bertz CT molecular complexity index is 1180. The lowest BCUT2D eigenvalue weighted by atomic mass is 10.1. The molecular weight excluding hydrogens is 408 g/mol. The third kappa shape index (κ3) is 3.89. The number of thiophene rings is 1. The number of hydrogen-bond donors (Lipinski definition) is 2. The molecule has 0 aliphatic heterocycles. The lowest BCUT2D eigenvalue weighted by molar-refractivity contribution is 0.0950. The SMILES string of the molecule is CCOc1cccc(-c2c(C(=O)N/N=C/c3cccs3)nnn2-c2nonc2N)c1. The van der Waals surface area contributed by atoms with Crippen LogP contribution in [-0.2, 0) is 0 Å². The van der Waals surface area contributed by atoms with Crippen LogP contribution >= 0.6 is 11.3 Å². The highest BCUT2D eigenvalue weighted by atomic mass is 32.1. The van der Waals surface area contributed by atoms with Gasteiger partial charge in [0, 0.05) is 10.4 Å². The van der Waals surface area contributed by atoms with E-state index < -0.39 is 5.91 Å². The summed E-state index contributed by atoms with van der Waals surface area (Å²) >= 11 is 1.49. The highest BCUT2D eigenvalue weighted by molar-refractivity contribution is 7.11. The fourth-order valence-corrected chi connectivity index (χ4v) is 3.24. The molecule has 0 atom stereocenters. The zero-order valence-corrected chi connectivity index (χ0v) is 16.5. The summed E-state index contributed by atoms with van der Waals surface area (Å²) in [5.41, 5.74) is 9.24. The van der Waals surface area contributed by atoms with E-state index in [4.69, 9.17) is 10.5 Å². The quantitative estimate of drug-likeness (QED) is 0.339. The number of hydrazone groups is 1. The third-order valence-electron chi connectivity index (χ3n) is 3.90. The topological polar surface area (TPSA) is 146 Å².